The van der Waals surface area contributed by atoms with Gasteiger partial charge in [0.1, 0.15) is 0 Å². The summed E-state index contributed by atoms with van der Waals surface area (Å²) < 4.78 is 49.7. The normalized spacial score (nSPS) is 27.7. The molecule has 1 saturated heterocycles. The van der Waals surface area contributed by atoms with Gasteiger partial charge in [-0.3, -0.25) is 4.57 Å². The summed E-state index contributed by atoms with van der Waals surface area (Å²) in [7, 11) is -8.39. The lowest BCUT2D eigenvalue weighted by atomic mass is 10.4. The minimum Gasteiger partial charge on any atom is -0.304 e. The van der Waals surface area contributed by atoms with Crippen LogP contribution in [0.1, 0.15) is 6.92 Å². The highest BCUT2D eigenvalue weighted by molar-refractivity contribution is 7.87. The molecule has 1 heterocycles. The Morgan fingerprint density at radius 3 is 2.36 bits per heavy atom. The van der Waals surface area contributed by atoms with Gasteiger partial charge in [0, 0.05) is 0 Å². The maximum Gasteiger partial charge on any atom is 0.365 e. The predicted molar refractivity (Wildman–Crippen MR) is 82.9 cm³/mol. The smallest absolute Gasteiger partial charge is 0.304 e. The summed E-state index contributed by atoms with van der Waals surface area (Å²) in [6.45, 7) is 1.56. The molecule has 1 aliphatic rings. The Hall–Kier alpha value is 0.150. The SMILES string of the molecule is C[C@@H]1CO[P@](=O)([C@@H](OS(=O)(=O)c2ccccc2)C(Cl)(Cl)Cl)O1. The molecule has 1 aromatic carbocycles. The average molecular weight is 410 g/mol. The zero-order valence-corrected chi connectivity index (χ0v) is 15.2. The first-order valence-corrected chi connectivity index (χ1v) is 10.2. The molecule has 0 saturated carbocycles. The van der Waals surface area contributed by atoms with E-state index in [1.54, 1.807) is 13.0 Å². The van der Waals surface area contributed by atoms with Gasteiger partial charge in [0.25, 0.3) is 10.1 Å². The topological polar surface area (TPSA) is 78.9 Å². The first-order valence-electron chi connectivity index (χ1n) is 6.02. The standard InChI is InChI=1S/C11H12Cl3O6PS/c1-8-7-18-21(15,19-8)10(11(12,13)14)20-22(16,17)9-5-3-2-4-6-9/h2-6,8,10H,7H2,1H3/t8-,10-,21-/m1/s1. The molecule has 0 N–H and O–H groups in total. The summed E-state index contributed by atoms with van der Waals surface area (Å²) in [5.74, 6) is -1.92. The van der Waals surface area contributed by atoms with E-state index < -0.39 is 33.5 Å². The quantitative estimate of drug-likeness (QED) is 0.428. The van der Waals surface area contributed by atoms with Crippen LogP contribution in [0, 0.1) is 0 Å². The van der Waals surface area contributed by atoms with Crippen LogP contribution < -0.4 is 0 Å². The van der Waals surface area contributed by atoms with Crippen molar-refractivity contribution in [3.63, 3.8) is 0 Å². The molecule has 3 atom stereocenters. The van der Waals surface area contributed by atoms with E-state index in [-0.39, 0.29) is 11.5 Å². The first-order chi connectivity index (χ1) is 10.0. The maximum atomic E-state index is 12.6. The van der Waals surface area contributed by atoms with Gasteiger partial charge in [-0.2, -0.15) is 8.42 Å². The van der Waals surface area contributed by atoms with Crippen molar-refractivity contribution in [1.29, 1.82) is 0 Å². The lowest BCUT2D eigenvalue weighted by Gasteiger charge is -2.27. The van der Waals surface area contributed by atoms with Gasteiger partial charge in [0.05, 0.1) is 17.6 Å². The van der Waals surface area contributed by atoms with Crippen molar-refractivity contribution >= 4 is 52.5 Å². The van der Waals surface area contributed by atoms with Crippen LogP contribution in [0.3, 0.4) is 0 Å². The molecule has 124 valence electrons. The molecule has 0 radical (unpaired) electrons. The van der Waals surface area contributed by atoms with Crippen molar-refractivity contribution in [2.24, 2.45) is 0 Å². The molecule has 0 unspecified atom stereocenters. The zero-order chi connectivity index (χ0) is 16.6. The van der Waals surface area contributed by atoms with E-state index in [4.69, 9.17) is 48.0 Å². The van der Waals surface area contributed by atoms with Crippen LogP contribution in [-0.4, -0.2) is 30.8 Å². The second kappa shape index (κ2) is 6.57. The van der Waals surface area contributed by atoms with Gasteiger partial charge in [-0.1, -0.05) is 53.0 Å². The summed E-state index contributed by atoms with van der Waals surface area (Å²) >= 11 is 17.2. The van der Waals surface area contributed by atoms with E-state index in [2.05, 4.69) is 0 Å². The maximum absolute atomic E-state index is 12.6. The molecule has 0 aliphatic carbocycles. The highest BCUT2D eigenvalue weighted by Gasteiger charge is 2.55. The van der Waals surface area contributed by atoms with Crippen LogP contribution in [0.4, 0.5) is 0 Å². The number of hydrogen-bond acceptors (Lipinski definition) is 6. The minimum absolute atomic E-state index is 0.0245. The summed E-state index contributed by atoms with van der Waals surface area (Å²) in [6.07, 6.45) is -0.538. The van der Waals surface area contributed by atoms with Gasteiger partial charge < -0.3 is 9.05 Å². The van der Waals surface area contributed by atoms with Gasteiger partial charge in [-0.15, -0.1) is 0 Å². The highest BCUT2D eigenvalue weighted by Crippen LogP contribution is 2.64. The molecule has 6 nitrogen and oxygen atoms in total. The Kier molecular flexibility index (Phi) is 5.52. The number of rotatable bonds is 4. The average Bonchev–Trinajstić information content (AvgIpc) is 2.76. The molecule has 0 spiro atoms. The van der Waals surface area contributed by atoms with Crippen molar-refractivity contribution in [3.05, 3.63) is 30.3 Å². The summed E-state index contributed by atoms with van der Waals surface area (Å²) in [6, 6.07) is 7.19. The van der Waals surface area contributed by atoms with Gasteiger partial charge in [-0.25, -0.2) is 4.18 Å². The molecule has 0 amide bonds. The molecule has 0 bridgehead atoms. The third-order valence-corrected chi connectivity index (χ3v) is 7.35. The van der Waals surface area contributed by atoms with E-state index in [9.17, 15) is 13.0 Å². The largest absolute Gasteiger partial charge is 0.365 e. The molecular weight excluding hydrogens is 398 g/mol. The monoisotopic (exact) mass is 408 g/mol. The Labute approximate surface area is 143 Å². The van der Waals surface area contributed by atoms with Crippen LogP contribution in [0.2, 0.25) is 0 Å². The fourth-order valence-corrected chi connectivity index (χ4v) is 6.45. The highest BCUT2D eigenvalue weighted by atomic mass is 35.6. The number of halogens is 3. The van der Waals surface area contributed by atoms with E-state index >= 15 is 0 Å². The molecule has 1 fully saturated rings. The molecule has 1 aliphatic heterocycles. The van der Waals surface area contributed by atoms with Crippen LogP contribution in [-0.2, 0) is 27.9 Å². The molecule has 2 rings (SSSR count). The summed E-state index contributed by atoms with van der Waals surface area (Å²) in [5, 5.41) is 0. The predicted octanol–water partition coefficient (Wildman–Crippen LogP) is 3.72. The Bertz CT molecular complexity index is 675. The fourth-order valence-electron chi connectivity index (χ4n) is 1.69. The molecular formula is C11H12Cl3O6PS. The molecule has 22 heavy (non-hydrogen) atoms. The second-order valence-electron chi connectivity index (χ2n) is 4.51. The van der Waals surface area contributed by atoms with E-state index in [0.29, 0.717) is 0 Å². The second-order valence-corrected chi connectivity index (χ2v) is 10.5. The van der Waals surface area contributed by atoms with Crippen molar-refractivity contribution in [3.8, 4) is 0 Å². The van der Waals surface area contributed by atoms with Crippen molar-refractivity contribution < 1.29 is 26.2 Å². The number of alkyl halides is 3. The lowest BCUT2D eigenvalue weighted by molar-refractivity contribution is 0.213. The van der Waals surface area contributed by atoms with Gasteiger partial charge in [0.2, 0.25) is 9.64 Å². The van der Waals surface area contributed by atoms with Crippen molar-refractivity contribution in [2.45, 2.75) is 27.6 Å². The Morgan fingerprint density at radius 2 is 1.91 bits per heavy atom. The number of hydrogen-bond donors (Lipinski definition) is 0. The summed E-state index contributed by atoms with van der Waals surface area (Å²) in [4.78, 5) is -0.173. The molecule has 1 aromatic rings. The van der Waals surface area contributed by atoms with E-state index in [0.717, 1.165) is 0 Å². The third kappa shape index (κ3) is 4.16. The van der Waals surface area contributed by atoms with E-state index in [1.807, 2.05) is 0 Å². The van der Waals surface area contributed by atoms with Gasteiger partial charge in [-0.05, 0) is 19.1 Å². The van der Waals surface area contributed by atoms with E-state index in [1.165, 1.54) is 24.3 Å². The fraction of sp³-hybridized carbons (Fsp3) is 0.455. The minimum atomic E-state index is -4.32. The van der Waals surface area contributed by atoms with Crippen LogP contribution in [0.25, 0.3) is 0 Å². The molecule has 11 heteroatoms. The Morgan fingerprint density at radius 1 is 1.32 bits per heavy atom. The van der Waals surface area contributed by atoms with Crippen LogP contribution in [0.15, 0.2) is 35.2 Å². The van der Waals surface area contributed by atoms with Crippen LogP contribution >= 0.6 is 42.4 Å². The first kappa shape index (κ1) is 18.5. The third-order valence-electron chi connectivity index (χ3n) is 2.63. The van der Waals surface area contributed by atoms with Gasteiger partial charge in [0.15, 0.2) is 0 Å². The summed E-state index contributed by atoms with van der Waals surface area (Å²) in [5.41, 5.74) is 0. The Balaban J connectivity index is 2.35. The zero-order valence-electron chi connectivity index (χ0n) is 11.2. The van der Waals surface area contributed by atoms with Crippen molar-refractivity contribution in [2.75, 3.05) is 6.61 Å². The van der Waals surface area contributed by atoms with Crippen molar-refractivity contribution in [1.82, 2.24) is 0 Å². The van der Waals surface area contributed by atoms with Crippen LogP contribution in [0.5, 0.6) is 0 Å². The molecule has 0 aromatic heterocycles. The lowest BCUT2D eigenvalue weighted by Crippen LogP contribution is -2.31. The van der Waals surface area contributed by atoms with Gasteiger partial charge >= 0.3 is 7.60 Å². The number of benzene rings is 1.